The Morgan fingerprint density at radius 1 is 1.42 bits per heavy atom. The first kappa shape index (κ1) is 14.3. The van der Waals surface area contributed by atoms with Crippen molar-refractivity contribution >= 4 is 28.1 Å². The number of aliphatic imine (C=N–C) groups is 1. The fraction of sp³-hybridized carbons (Fsp3) is 0.467. The van der Waals surface area contributed by atoms with Crippen molar-refractivity contribution < 1.29 is 4.79 Å². The number of nitrogens with one attached hydrogen (secondary N) is 1. The summed E-state index contributed by atoms with van der Waals surface area (Å²) < 4.78 is 1.07. The lowest BCUT2D eigenvalue weighted by atomic mass is 10.1. The number of halogens is 1. The van der Waals surface area contributed by atoms with Crippen LogP contribution in [0, 0.1) is 5.92 Å². The minimum Gasteiger partial charge on any atom is -0.356 e. The Balaban J connectivity index is 1.88. The Morgan fingerprint density at radius 2 is 2.16 bits per heavy atom. The molecule has 2 rings (SSSR count). The highest BCUT2D eigenvalue weighted by Crippen LogP contribution is 2.28. The SMILES string of the molecule is CCNC(=O)[C@H]1CC[C@@H](N=Cc2ccc(Br)cc2)C1. The molecule has 19 heavy (non-hydrogen) atoms. The van der Waals surface area contributed by atoms with Gasteiger partial charge in [-0.15, -0.1) is 0 Å². The Bertz CT molecular complexity index is 456. The van der Waals surface area contributed by atoms with Crippen LogP contribution < -0.4 is 5.32 Å². The lowest BCUT2D eigenvalue weighted by molar-refractivity contribution is -0.124. The van der Waals surface area contributed by atoms with Crippen LogP contribution in [0.1, 0.15) is 31.7 Å². The van der Waals surface area contributed by atoms with Crippen LogP contribution in [0.3, 0.4) is 0 Å². The molecule has 0 bridgehead atoms. The molecule has 0 aliphatic heterocycles. The summed E-state index contributed by atoms with van der Waals surface area (Å²) >= 11 is 3.41. The van der Waals surface area contributed by atoms with Gasteiger partial charge in [-0.05, 0) is 43.9 Å². The van der Waals surface area contributed by atoms with Gasteiger partial charge in [0, 0.05) is 23.1 Å². The van der Waals surface area contributed by atoms with Crippen molar-refractivity contribution in [2.45, 2.75) is 32.2 Å². The molecule has 1 N–H and O–H groups in total. The molecule has 1 saturated carbocycles. The second-order valence-electron chi connectivity index (χ2n) is 4.89. The number of amides is 1. The van der Waals surface area contributed by atoms with Crippen molar-refractivity contribution in [3.05, 3.63) is 34.3 Å². The molecule has 0 spiro atoms. The number of rotatable bonds is 4. The Labute approximate surface area is 122 Å². The van der Waals surface area contributed by atoms with Crippen LogP contribution in [-0.2, 0) is 4.79 Å². The number of carbonyl (C=O) groups is 1. The predicted octanol–water partition coefficient (Wildman–Crippen LogP) is 3.17. The standard InChI is InChI=1S/C15H19BrN2O/c1-2-17-15(19)12-5-8-14(9-12)18-10-11-3-6-13(16)7-4-11/h3-4,6-7,10,12,14H,2,5,8-9H2,1H3,(H,17,19)/t12-,14+/m0/s1. The van der Waals surface area contributed by atoms with Gasteiger partial charge >= 0.3 is 0 Å². The smallest absolute Gasteiger partial charge is 0.223 e. The van der Waals surface area contributed by atoms with Crippen LogP contribution in [-0.4, -0.2) is 24.7 Å². The quantitative estimate of drug-likeness (QED) is 0.850. The molecule has 4 heteroatoms. The van der Waals surface area contributed by atoms with Gasteiger partial charge < -0.3 is 5.32 Å². The Morgan fingerprint density at radius 3 is 2.84 bits per heavy atom. The van der Waals surface area contributed by atoms with Crippen LogP contribution in [0.15, 0.2) is 33.7 Å². The topological polar surface area (TPSA) is 41.5 Å². The molecule has 1 aromatic rings. The van der Waals surface area contributed by atoms with Crippen LogP contribution in [0.25, 0.3) is 0 Å². The van der Waals surface area contributed by atoms with E-state index in [0.29, 0.717) is 6.54 Å². The number of nitrogens with zero attached hydrogens (tertiary/aromatic N) is 1. The molecule has 1 fully saturated rings. The molecule has 102 valence electrons. The van der Waals surface area contributed by atoms with Crippen LogP contribution in [0.5, 0.6) is 0 Å². The van der Waals surface area contributed by atoms with E-state index in [1.54, 1.807) is 0 Å². The maximum absolute atomic E-state index is 11.7. The number of benzene rings is 1. The number of carbonyl (C=O) groups excluding carboxylic acids is 1. The third kappa shape index (κ3) is 4.16. The van der Waals surface area contributed by atoms with E-state index in [0.717, 1.165) is 29.3 Å². The zero-order valence-electron chi connectivity index (χ0n) is 11.1. The monoisotopic (exact) mass is 322 g/mol. The summed E-state index contributed by atoms with van der Waals surface area (Å²) in [7, 11) is 0. The molecule has 0 radical (unpaired) electrons. The fourth-order valence-corrected chi connectivity index (χ4v) is 2.65. The highest BCUT2D eigenvalue weighted by molar-refractivity contribution is 9.10. The molecular formula is C15H19BrN2O. The summed E-state index contributed by atoms with van der Waals surface area (Å²) in [6.07, 6.45) is 4.75. The maximum Gasteiger partial charge on any atom is 0.223 e. The first-order chi connectivity index (χ1) is 9.19. The Kier molecular flexibility index (Phi) is 5.14. The Hall–Kier alpha value is -1.16. The van der Waals surface area contributed by atoms with Gasteiger partial charge in [-0.2, -0.15) is 0 Å². The lowest BCUT2D eigenvalue weighted by Gasteiger charge is -2.08. The van der Waals surface area contributed by atoms with Crippen LogP contribution >= 0.6 is 15.9 Å². The third-order valence-corrected chi connectivity index (χ3v) is 3.96. The van der Waals surface area contributed by atoms with E-state index in [9.17, 15) is 4.79 Å². The average molecular weight is 323 g/mol. The van der Waals surface area contributed by atoms with Crippen LogP contribution in [0.4, 0.5) is 0 Å². The van der Waals surface area contributed by atoms with Crippen molar-refractivity contribution in [1.82, 2.24) is 5.32 Å². The van der Waals surface area contributed by atoms with Gasteiger partial charge in [0.15, 0.2) is 0 Å². The second-order valence-corrected chi connectivity index (χ2v) is 5.80. The molecule has 3 nitrogen and oxygen atoms in total. The van der Waals surface area contributed by atoms with Crippen molar-refractivity contribution in [3.8, 4) is 0 Å². The lowest BCUT2D eigenvalue weighted by Crippen LogP contribution is -2.29. The molecule has 0 aromatic heterocycles. The molecule has 1 aromatic carbocycles. The van der Waals surface area contributed by atoms with Gasteiger partial charge in [0.1, 0.15) is 0 Å². The van der Waals surface area contributed by atoms with E-state index in [-0.39, 0.29) is 17.9 Å². The highest BCUT2D eigenvalue weighted by Gasteiger charge is 2.28. The summed E-state index contributed by atoms with van der Waals surface area (Å²) in [5.41, 5.74) is 1.10. The van der Waals surface area contributed by atoms with Gasteiger partial charge in [-0.3, -0.25) is 9.79 Å². The molecule has 1 aliphatic carbocycles. The van der Waals surface area contributed by atoms with Gasteiger partial charge in [0.25, 0.3) is 0 Å². The van der Waals surface area contributed by atoms with E-state index in [1.165, 1.54) is 0 Å². The fourth-order valence-electron chi connectivity index (χ4n) is 2.39. The van der Waals surface area contributed by atoms with Crippen molar-refractivity contribution in [2.75, 3.05) is 6.54 Å². The zero-order chi connectivity index (χ0) is 13.7. The minimum absolute atomic E-state index is 0.145. The first-order valence-electron chi connectivity index (χ1n) is 6.75. The predicted molar refractivity (Wildman–Crippen MR) is 81.5 cm³/mol. The van der Waals surface area contributed by atoms with E-state index < -0.39 is 0 Å². The van der Waals surface area contributed by atoms with E-state index in [4.69, 9.17) is 0 Å². The van der Waals surface area contributed by atoms with Crippen LogP contribution in [0.2, 0.25) is 0 Å². The largest absolute Gasteiger partial charge is 0.356 e. The summed E-state index contributed by atoms with van der Waals surface area (Å²) in [6, 6.07) is 8.37. The number of hydrogen-bond acceptors (Lipinski definition) is 2. The van der Waals surface area contributed by atoms with E-state index in [1.807, 2.05) is 37.4 Å². The maximum atomic E-state index is 11.7. The summed E-state index contributed by atoms with van der Waals surface area (Å²) in [4.78, 5) is 16.3. The second kappa shape index (κ2) is 6.85. The van der Waals surface area contributed by atoms with Gasteiger partial charge in [-0.1, -0.05) is 28.1 Å². The van der Waals surface area contributed by atoms with Gasteiger partial charge in [-0.25, -0.2) is 0 Å². The highest BCUT2D eigenvalue weighted by atomic mass is 79.9. The zero-order valence-corrected chi connectivity index (χ0v) is 12.7. The minimum atomic E-state index is 0.145. The molecular weight excluding hydrogens is 304 g/mol. The van der Waals surface area contributed by atoms with Crippen molar-refractivity contribution in [2.24, 2.45) is 10.9 Å². The molecule has 0 unspecified atom stereocenters. The number of hydrogen-bond donors (Lipinski definition) is 1. The molecule has 0 saturated heterocycles. The molecule has 2 atom stereocenters. The van der Waals surface area contributed by atoms with Gasteiger partial charge in [0.05, 0.1) is 6.04 Å². The van der Waals surface area contributed by atoms with Crippen molar-refractivity contribution in [1.29, 1.82) is 0 Å². The normalized spacial score (nSPS) is 22.8. The third-order valence-electron chi connectivity index (χ3n) is 3.43. The molecule has 0 heterocycles. The summed E-state index contributed by atoms with van der Waals surface area (Å²) in [5.74, 6) is 0.329. The molecule has 1 aliphatic rings. The summed E-state index contributed by atoms with van der Waals surface area (Å²) in [5, 5.41) is 2.89. The van der Waals surface area contributed by atoms with E-state index in [2.05, 4.69) is 26.2 Å². The average Bonchev–Trinajstić information content (AvgIpc) is 2.87. The summed E-state index contributed by atoms with van der Waals surface area (Å²) in [6.45, 7) is 2.66. The van der Waals surface area contributed by atoms with Gasteiger partial charge in [0.2, 0.25) is 5.91 Å². The van der Waals surface area contributed by atoms with Crippen molar-refractivity contribution in [3.63, 3.8) is 0 Å². The van der Waals surface area contributed by atoms with E-state index >= 15 is 0 Å². The first-order valence-corrected chi connectivity index (χ1v) is 7.54. The molecule has 1 amide bonds.